The van der Waals surface area contributed by atoms with Gasteiger partial charge in [0.15, 0.2) is 0 Å². The number of carbonyl (C=O) groups is 2. The predicted molar refractivity (Wildman–Crippen MR) is 334 cm³/mol. The van der Waals surface area contributed by atoms with Crippen molar-refractivity contribution in [2.75, 3.05) is 13.2 Å². The molecule has 0 fully saturated rings. The first kappa shape index (κ1) is 74.9. The first-order chi connectivity index (χ1) is 37.5. The van der Waals surface area contributed by atoms with Crippen LogP contribution in [-0.4, -0.2) is 47.4 Å². The van der Waals surface area contributed by atoms with Crippen molar-refractivity contribution in [1.82, 2.24) is 5.32 Å². The number of carbonyl (C=O) groups excluding carboxylic acids is 2. The number of unbranched alkanes of at least 4 members (excludes halogenated alkanes) is 56. The third-order valence-electron chi connectivity index (χ3n) is 16.9. The van der Waals surface area contributed by atoms with Crippen LogP contribution in [0.1, 0.15) is 412 Å². The molecule has 0 aromatic carbocycles. The van der Waals surface area contributed by atoms with E-state index in [9.17, 15) is 19.8 Å². The van der Waals surface area contributed by atoms with Crippen LogP contribution >= 0.6 is 0 Å². The van der Waals surface area contributed by atoms with Crippen molar-refractivity contribution >= 4 is 11.9 Å². The summed E-state index contributed by atoms with van der Waals surface area (Å²) in [6.07, 6.45) is 80.3. The maximum absolute atomic E-state index is 12.4. The smallest absolute Gasteiger partial charge is 0.305 e. The minimum absolute atomic E-state index is 0.0262. The molecule has 3 N–H and O–H groups in total. The van der Waals surface area contributed by atoms with Crippen LogP contribution in [0.5, 0.6) is 0 Å². The minimum atomic E-state index is -0.658. The van der Waals surface area contributed by atoms with Gasteiger partial charge in [-0.1, -0.05) is 373 Å². The van der Waals surface area contributed by atoms with Crippen LogP contribution < -0.4 is 5.32 Å². The number of amides is 1. The van der Waals surface area contributed by atoms with Crippen molar-refractivity contribution in [3.05, 3.63) is 0 Å². The molecule has 0 spiro atoms. The second-order valence-corrected chi connectivity index (χ2v) is 24.6. The number of ether oxygens (including phenoxy) is 1. The van der Waals surface area contributed by atoms with E-state index in [1.807, 2.05) is 0 Å². The molecule has 0 aliphatic carbocycles. The number of hydrogen-bond donors (Lipinski definition) is 3. The fourth-order valence-electron chi connectivity index (χ4n) is 11.5. The zero-order chi connectivity index (χ0) is 55.0. The highest BCUT2D eigenvalue weighted by Crippen LogP contribution is 2.20. The molecule has 6 heteroatoms. The summed E-state index contributed by atoms with van der Waals surface area (Å²) in [5.41, 5.74) is 0. The van der Waals surface area contributed by atoms with Gasteiger partial charge in [0.05, 0.1) is 25.4 Å². The van der Waals surface area contributed by atoms with Crippen molar-refractivity contribution in [3.63, 3.8) is 0 Å². The van der Waals surface area contributed by atoms with E-state index < -0.39 is 12.1 Å². The highest BCUT2D eigenvalue weighted by Gasteiger charge is 2.20. The Hall–Kier alpha value is -1.14. The Labute approximate surface area is 476 Å². The van der Waals surface area contributed by atoms with Crippen LogP contribution in [-0.2, 0) is 14.3 Å². The molecule has 0 saturated heterocycles. The van der Waals surface area contributed by atoms with Crippen molar-refractivity contribution in [3.8, 4) is 0 Å². The lowest BCUT2D eigenvalue weighted by Crippen LogP contribution is -2.45. The van der Waals surface area contributed by atoms with E-state index in [1.54, 1.807) is 0 Å². The lowest BCUT2D eigenvalue weighted by Gasteiger charge is -2.22. The van der Waals surface area contributed by atoms with Gasteiger partial charge in [-0.3, -0.25) is 9.59 Å². The Morgan fingerprint density at radius 2 is 0.539 bits per heavy atom. The van der Waals surface area contributed by atoms with Gasteiger partial charge >= 0.3 is 5.97 Å². The zero-order valence-corrected chi connectivity index (χ0v) is 52.0. The fraction of sp³-hybridized carbons (Fsp3) is 0.971. The van der Waals surface area contributed by atoms with Gasteiger partial charge in [-0.05, 0) is 25.7 Å². The fourth-order valence-corrected chi connectivity index (χ4v) is 11.5. The topological polar surface area (TPSA) is 95.9 Å². The summed E-state index contributed by atoms with van der Waals surface area (Å²) in [4.78, 5) is 24.6. The monoisotopic (exact) mass is 1070 g/mol. The van der Waals surface area contributed by atoms with Crippen molar-refractivity contribution in [2.45, 2.75) is 424 Å². The summed E-state index contributed by atoms with van der Waals surface area (Å²) in [6.45, 7) is 4.99. The molecule has 0 heterocycles. The van der Waals surface area contributed by atoms with E-state index in [4.69, 9.17) is 4.74 Å². The molecule has 0 bridgehead atoms. The normalized spacial score (nSPS) is 12.4. The number of aliphatic hydroxyl groups is 2. The quantitative estimate of drug-likeness (QED) is 0.0417. The molecule has 454 valence electrons. The molecule has 0 aliphatic rings. The summed E-state index contributed by atoms with van der Waals surface area (Å²) < 4.78 is 5.51. The summed E-state index contributed by atoms with van der Waals surface area (Å²) >= 11 is 0. The van der Waals surface area contributed by atoms with Gasteiger partial charge in [-0.2, -0.15) is 0 Å². The maximum atomic E-state index is 12.4. The van der Waals surface area contributed by atoms with Crippen LogP contribution in [0.25, 0.3) is 0 Å². The highest BCUT2D eigenvalue weighted by molar-refractivity contribution is 5.76. The molecule has 2 unspecified atom stereocenters. The van der Waals surface area contributed by atoms with E-state index >= 15 is 0 Å². The van der Waals surface area contributed by atoms with Gasteiger partial charge in [0, 0.05) is 12.8 Å². The standard InChI is InChI=1S/C70H139NO5/c1-3-5-7-9-11-13-15-16-17-18-35-38-41-44-48-52-56-60-64-70(75)76-65-61-57-53-49-45-42-39-36-33-31-29-27-25-23-21-19-20-22-24-26-28-30-32-34-37-40-43-47-51-55-59-63-69(74)71-67(66-72)68(73)62-58-54-50-46-14-12-10-8-6-4-2/h67-68,72-73H,3-66H2,1-2H3,(H,71,74). The first-order valence-corrected chi connectivity index (χ1v) is 35.3. The van der Waals surface area contributed by atoms with Gasteiger partial charge in [0.2, 0.25) is 5.91 Å². The van der Waals surface area contributed by atoms with Gasteiger partial charge in [0.1, 0.15) is 0 Å². The van der Waals surface area contributed by atoms with Crippen LogP contribution in [0.15, 0.2) is 0 Å². The number of rotatable bonds is 67. The van der Waals surface area contributed by atoms with E-state index in [0.29, 0.717) is 25.9 Å². The minimum Gasteiger partial charge on any atom is -0.466 e. The second kappa shape index (κ2) is 66.4. The molecule has 0 aliphatic heterocycles. The molecule has 0 aromatic rings. The van der Waals surface area contributed by atoms with Gasteiger partial charge in [0.25, 0.3) is 0 Å². The predicted octanol–water partition coefficient (Wildman–Crippen LogP) is 22.6. The Balaban J connectivity index is 3.27. The third-order valence-corrected chi connectivity index (χ3v) is 16.9. The average molecular weight is 1070 g/mol. The van der Waals surface area contributed by atoms with E-state index in [-0.39, 0.29) is 18.5 Å². The van der Waals surface area contributed by atoms with E-state index in [1.165, 1.54) is 340 Å². The Kier molecular flexibility index (Phi) is 65.4. The Morgan fingerprint density at radius 3 is 0.803 bits per heavy atom. The van der Waals surface area contributed by atoms with Crippen LogP contribution in [0.2, 0.25) is 0 Å². The zero-order valence-electron chi connectivity index (χ0n) is 52.0. The lowest BCUT2D eigenvalue weighted by molar-refractivity contribution is -0.143. The number of esters is 1. The molecule has 6 nitrogen and oxygen atoms in total. The van der Waals surface area contributed by atoms with E-state index in [2.05, 4.69) is 19.2 Å². The largest absolute Gasteiger partial charge is 0.466 e. The van der Waals surface area contributed by atoms with Gasteiger partial charge < -0.3 is 20.3 Å². The van der Waals surface area contributed by atoms with Crippen LogP contribution in [0, 0.1) is 0 Å². The summed E-state index contributed by atoms with van der Waals surface area (Å²) in [6, 6.07) is -0.535. The van der Waals surface area contributed by atoms with Gasteiger partial charge in [-0.15, -0.1) is 0 Å². The maximum Gasteiger partial charge on any atom is 0.305 e. The Morgan fingerprint density at radius 1 is 0.316 bits per heavy atom. The second-order valence-electron chi connectivity index (χ2n) is 24.6. The highest BCUT2D eigenvalue weighted by atomic mass is 16.5. The number of hydrogen-bond acceptors (Lipinski definition) is 5. The van der Waals surface area contributed by atoms with Crippen molar-refractivity contribution < 1.29 is 24.5 Å². The molecule has 76 heavy (non-hydrogen) atoms. The molecular weight excluding hydrogens is 935 g/mol. The summed E-state index contributed by atoms with van der Waals surface area (Å²) in [7, 11) is 0. The first-order valence-electron chi connectivity index (χ1n) is 35.3. The molecule has 0 radical (unpaired) electrons. The summed E-state index contributed by atoms with van der Waals surface area (Å²) in [5, 5.41) is 23.2. The lowest BCUT2D eigenvalue weighted by atomic mass is 10.0. The SMILES string of the molecule is CCCCCCCCCCCCCCCCCCCCC(=O)OCCCCCCCCCCCCCCCCCCCCCCCCCCCCCCCCCC(=O)NC(CO)C(O)CCCCCCCCCCCC. The van der Waals surface area contributed by atoms with Crippen LogP contribution in [0.3, 0.4) is 0 Å². The molecule has 2 atom stereocenters. The van der Waals surface area contributed by atoms with Crippen molar-refractivity contribution in [1.29, 1.82) is 0 Å². The van der Waals surface area contributed by atoms with Crippen molar-refractivity contribution in [2.24, 2.45) is 0 Å². The molecule has 0 aromatic heterocycles. The van der Waals surface area contributed by atoms with Crippen LogP contribution in [0.4, 0.5) is 0 Å². The Bertz CT molecular complexity index is 1100. The molecule has 0 rings (SSSR count). The third kappa shape index (κ3) is 62.1. The summed E-state index contributed by atoms with van der Waals surface area (Å²) in [5.74, 6) is -0.00366. The molecule has 1 amide bonds. The van der Waals surface area contributed by atoms with E-state index in [0.717, 1.165) is 38.5 Å². The number of nitrogens with one attached hydrogen (secondary N) is 1. The average Bonchev–Trinajstić information content (AvgIpc) is 3.42. The number of aliphatic hydroxyl groups excluding tert-OH is 2. The molecule has 0 saturated carbocycles. The molecular formula is C70H139NO5. The van der Waals surface area contributed by atoms with Gasteiger partial charge in [-0.25, -0.2) is 0 Å².